The molecule has 0 radical (unpaired) electrons. The third-order valence-electron chi connectivity index (χ3n) is 3.51. The van der Waals surface area contributed by atoms with Crippen LogP contribution >= 0.6 is 0 Å². The van der Waals surface area contributed by atoms with E-state index in [1.807, 2.05) is 0 Å². The van der Waals surface area contributed by atoms with E-state index in [0.717, 1.165) is 12.1 Å². The summed E-state index contributed by atoms with van der Waals surface area (Å²) in [5.41, 5.74) is -0.301. The first-order valence-corrected chi connectivity index (χ1v) is 6.60. The van der Waals surface area contributed by atoms with E-state index in [1.165, 1.54) is 6.07 Å². The van der Waals surface area contributed by atoms with Crippen molar-refractivity contribution in [3.8, 4) is 0 Å². The van der Waals surface area contributed by atoms with Crippen LogP contribution < -0.4 is 10.6 Å². The summed E-state index contributed by atoms with van der Waals surface area (Å²) in [5.74, 6) is -0.537. The molecule has 0 aromatic heterocycles. The topological polar surface area (TPSA) is 50.4 Å². The highest BCUT2D eigenvalue weighted by Crippen LogP contribution is 2.29. The average molecular weight is 302 g/mol. The van der Waals surface area contributed by atoms with Crippen LogP contribution in [0.2, 0.25) is 0 Å². The van der Waals surface area contributed by atoms with E-state index in [2.05, 4.69) is 10.6 Å². The summed E-state index contributed by atoms with van der Waals surface area (Å²) < 4.78 is 43.0. The fourth-order valence-electron chi connectivity index (χ4n) is 2.28. The van der Waals surface area contributed by atoms with Gasteiger partial charge in [0.2, 0.25) is 5.91 Å². The van der Waals surface area contributed by atoms with Gasteiger partial charge < -0.3 is 15.4 Å². The second kappa shape index (κ2) is 6.44. The number of ether oxygens (including phenoxy) is 1. The van der Waals surface area contributed by atoms with Crippen molar-refractivity contribution in [2.24, 2.45) is 5.92 Å². The highest BCUT2D eigenvalue weighted by molar-refractivity contribution is 5.79. The van der Waals surface area contributed by atoms with E-state index >= 15 is 0 Å². The molecule has 1 fully saturated rings. The van der Waals surface area contributed by atoms with Gasteiger partial charge >= 0.3 is 6.18 Å². The number of alkyl halides is 3. The summed E-state index contributed by atoms with van der Waals surface area (Å²) in [6.07, 6.45) is -4.38. The maximum Gasteiger partial charge on any atom is 0.416 e. The van der Waals surface area contributed by atoms with Gasteiger partial charge in [0.1, 0.15) is 0 Å². The third kappa shape index (κ3) is 3.95. The molecule has 0 spiro atoms. The Balaban J connectivity index is 1.95. The second-order valence-electron chi connectivity index (χ2n) is 4.96. The molecular formula is C14H17F3N2O2. The number of likely N-dealkylation sites (N-methyl/N-ethyl adjacent to an activating group) is 1. The number of amides is 1. The summed E-state index contributed by atoms with van der Waals surface area (Å²) in [4.78, 5) is 12.0. The zero-order valence-corrected chi connectivity index (χ0v) is 11.5. The zero-order chi connectivity index (χ0) is 15.5. The van der Waals surface area contributed by atoms with Crippen LogP contribution in [-0.2, 0) is 22.3 Å². The molecule has 2 atom stereocenters. The van der Waals surface area contributed by atoms with Crippen molar-refractivity contribution in [1.29, 1.82) is 0 Å². The molecule has 7 heteroatoms. The molecule has 0 saturated carbocycles. The van der Waals surface area contributed by atoms with E-state index < -0.39 is 11.7 Å². The van der Waals surface area contributed by atoms with E-state index in [9.17, 15) is 18.0 Å². The summed E-state index contributed by atoms with van der Waals surface area (Å²) in [6.45, 7) is 0.841. The van der Waals surface area contributed by atoms with E-state index in [0.29, 0.717) is 18.8 Å². The molecule has 1 saturated heterocycles. The Morgan fingerprint density at radius 2 is 2.14 bits per heavy atom. The van der Waals surface area contributed by atoms with E-state index in [-0.39, 0.29) is 24.4 Å². The number of hydrogen-bond acceptors (Lipinski definition) is 3. The predicted octanol–water partition coefficient (Wildman–Crippen LogP) is 1.56. The SMILES string of the molecule is CNC1COCC1C(=O)NCc1cccc(C(F)(F)F)c1. The molecule has 0 aliphatic carbocycles. The smallest absolute Gasteiger partial charge is 0.379 e. The first-order chi connectivity index (χ1) is 9.91. The van der Waals surface area contributed by atoms with Gasteiger partial charge in [-0.1, -0.05) is 12.1 Å². The second-order valence-corrected chi connectivity index (χ2v) is 4.96. The molecule has 4 nitrogen and oxygen atoms in total. The maximum atomic E-state index is 12.6. The quantitative estimate of drug-likeness (QED) is 0.887. The van der Waals surface area contributed by atoms with Gasteiger partial charge in [0.25, 0.3) is 0 Å². The molecule has 2 unspecified atom stereocenters. The number of benzene rings is 1. The molecule has 2 N–H and O–H groups in total. The number of hydrogen-bond donors (Lipinski definition) is 2. The minimum atomic E-state index is -4.38. The number of carbonyl (C=O) groups is 1. The lowest BCUT2D eigenvalue weighted by Gasteiger charge is -2.16. The molecule has 116 valence electrons. The van der Waals surface area contributed by atoms with Crippen molar-refractivity contribution in [2.45, 2.75) is 18.8 Å². The Bertz CT molecular complexity index is 505. The Morgan fingerprint density at radius 3 is 2.81 bits per heavy atom. The minimum absolute atomic E-state index is 0.0634. The van der Waals surface area contributed by atoms with Crippen molar-refractivity contribution >= 4 is 5.91 Å². The van der Waals surface area contributed by atoms with Gasteiger partial charge in [-0.3, -0.25) is 4.79 Å². The lowest BCUT2D eigenvalue weighted by Crippen LogP contribution is -2.42. The summed E-state index contributed by atoms with van der Waals surface area (Å²) in [7, 11) is 1.74. The Kier molecular flexibility index (Phi) is 4.84. The molecular weight excluding hydrogens is 285 g/mol. The zero-order valence-electron chi connectivity index (χ0n) is 11.5. The summed E-state index contributed by atoms with van der Waals surface area (Å²) in [6, 6.07) is 4.87. The lowest BCUT2D eigenvalue weighted by molar-refractivity contribution is -0.137. The first kappa shape index (κ1) is 15.8. The van der Waals surface area contributed by atoms with Crippen LogP contribution in [0.4, 0.5) is 13.2 Å². The summed E-state index contributed by atoms with van der Waals surface area (Å²) >= 11 is 0. The normalized spacial score (nSPS) is 22.3. The fourth-order valence-corrected chi connectivity index (χ4v) is 2.28. The summed E-state index contributed by atoms with van der Waals surface area (Å²) in [5, 5.41) is 5.65. The molecule has 0 bridgehead atoms. The molecule has 1 aliphatic rings. The molecule has 2 rings (SSSR count). The highest BCUT2D eigenvalue weighted by Gasteiger charge is 2.33. The van der Waals surface area contributed by atoms with Crippen LogP contribution in [-0.4, -0.2) is 32.2 Å². The molecule has 1 heterocycles. The van der Waals surface area contributed by atoms with Crippen LogP contribution in [0.15, 0.2) is 24.3 Å². The highest BCUT2D eigenvalue weighted by atomic mass is 19.4. The Hall–Kier alpha value is -1.60. The largest absolute Gasteiger partial charge is 0.416 e. The minimum Gasteiger partial charge on any atom is -0.379 e. The maximum absolute atomic E-state index is 12.6. The van der Waals surface area contributed by atoms with Gasteiger partial charge in [-0.25, -0.2) is 0 Å². The Labute approximate surface area is 120 Å². The lowest BCUT2D eigenvalue weighted by atomic mass is 10.0. The van der Waals surface area contributed by atoms with Gasteiger partial charge in [0.05, 0.1) is 24.7 Å². The van der Waals surface area contributed by atoms with Gasteiger partial charge in [0, 0.05) is 12.6 Å². The van der Waals surface area contributed by atoms with Gasteiger partial charge in [-0.2, -0.15) is 13.2 Å². The Morgan fingerprint density at radius 1 is 1.38 bits per heavy atom. The standard InChI is InChI=1S/C14H17F3N2O2/c1-18-12-8-21-7-11(12)13(20)19-6-9-3-2-4-10(5-9)14(15,16)17/h2-5,11-12,18H,6-8H2,1H3,(H,19,20). The molecule has 1 aromatic carbocycles. The molecule has 21 heavy (non-hydrogen) atoms. The van der Waals surface area contributed by atoms with Crippen LogP contribution in [0.1, 0.15) is 11.1 Å². The monoisotopic (exact) mass is 302 g/mol. The number of rotatable bonds is 4. The molecule has 1 aliphatic heterocycles. The van der Waals surface area contributed by atoms with Crippen LogP contribution in [0.25, 0.3) is 0 Å². The van der Waals surface area contributed by atoms with Crippen molar-refractivity contribution < 1.29 is 22.7 Å². The number of nitrogens with one attached hydrogen (secondary N) is 2. The molecule has 1 amide bonds. The van der Waals surface area contributed by atoms with Crippen molar-refractivity contribution in [1.82, 2.24) is 10.6 Å². The number of halogens is 3. The number of carbonyl (C=O) groups excluding carboxylic acids is 1. The third-order valence-corrected chi connectivity index (χ3v) is 3.51. The van der Waals surface area contributed by atoms with E-state index in [1.54, 1.807) is 13.1 Å². The molecule has 1 aromatic rings. The van der Waals surface area contributed by atoms with Crippen molar-refractivity contribution in [3.05, 3.63) is 35.4 Å². The fraction of sp³-hybridized carbons (Fsp3) is 0.500. The van der Waals surface area contributed by atoms with Crippen molar-refractivity contribution in [2.75, 3.05) is 20.3 Å². The van der Waals surface area contributed by atoms with Crippen LogP contribution in [0.3, 0.4) is 0 Å². The van der Waals surface area contributed by atoms with Crippen LogP contribution in [0, 0.1) is 5.92 Å². The van der Waals surface area contributed by atoms with Crippen molar-refractivity contribution in [3.63, 3.8) is 0 Å². The first-order valence-electron chi connectivity index (χ1n) is 6.60. The van der Waals surface area contributed by atoms with Crippen LogP contribution in [0.5, 0.6) is 0 Å². The van der Waals surface area contributed by atoms with E-state index in [4.69, 9.17) is 4.74 Å². The predicted molar refractivity (Wildman–Crippen MR) is 70.4 cm³/mol. The van der Waals surface area contributed by atoms with Gasteiger partial charge in [-0.15, -0.1) is 0 Å². The van der Waals surface area contributed by atoms with Gasteiger partial charge in [0.15, 0.2) is 0 Å². The average Bonchev–Trinajstić information content (AvgIpc) is 2.92. The van der Waals surface area contributed by atoms with Gasteiger partial charge in [-0.05, 0) is 24.7 Å².